The third-order valence-electron chi connectivity index (χ3n) is 3.75. The van der Waals surface area contributed by atoms with Crippen LogP contribution in [0.25, 0.3) is 0 Å². The Hall–Kier alpha value is -0.660. The molecule has 0 radical (unpaired) electrons. The van der Waals surface area contributed by atoms with E-state index in [0.29, 0.717) is 19.0 Å². The zero-order valence-electron chi connectivity index (χ0n) is 11.4. The summed E-state index contributed by atoms with van der Waals surface area (Å²) in [5.74, 6) is 0.889. The summed E-state index contributed by atoms with van der Waals surface area (Å²) < 4.78 is 25.7. The van der Waals surface area contributed by atoms with Crippen LogP contribution in [0, 0.1) is 17.8 Å². The van der Waals surface area contributed by atoms with Crippen LogP contribution in [0.5, 0.6) is 0 Å². The van der Waals surface area contributed by atoms with Crippen molar-refractivity contribution >= 4 is 15.9 Å². The van der Waals surface area contributed by atoms with Gasteiger partial charge in [0.05, 0.1) is 11.9 Å². The van der Waals surface area contributed by atoms with Crippen LogP contribution in [0.4, 0.5) is 0 Å². The van der Waals surface area contributed by atoms with Crippen molar-refractivity contribution in [3.8, 4) is 0 Å². The molecular weight excluding hydrogens is 268 g/mol. The molecule has 1 saturated carbocycles. The molecule has 0 aromatic rings. The highest BCUT2D eigenvalue weighted by Crippen LogP contribution is 2.40. The first-order valence-corrected chi connectivity index (χ1v) is 8.38. The number of carbonyl (C=O) groups is 1. The fraction of sp³-hybridized carbons (Fsp3) is 0.917. The molecule has 0 spiro atoms. The van der Waals surface area contributed by atoms with Crippen molar-refractivity contribution in [3.05, 3.63) is 0 Å². The second-order valence-corrected chi connectivity index (χ2v) is 7.76. The Morgan fingerprint density at radius 3 is 2.53 bits per heavy atom. The van der Waals surface area contributed by atoms with E-state index in [1.807, 2.05) is 0 Å². The summed E-state index contributed by atoms with van der Waals surface area (Å²) in [5.41, 5.74) is 0. The molecule has 0 bridgehead atoms. The van der Waals surface area contributed by atoms with Crippen molar-refractivity contribution in [1.82, 2.24) is 9.62 Å². The maximum absolute atomic E-state index is 11.9. The summed E-state index contributed by atoms with van der Waals surface area (Å²) in [6.45, 7) is 4.71. The minimum Gasteiger partial charge on any atom is -0.392 e. The fourth-order valence-corrected chi connectivity index (χ4v) is 3.82. The van der Waals surface area contributed by atoms with Gasteiger partial charge in [-0.25, -0.2) is 13.1 Å². The van der Waals surface area contributed by atoms with E-state index in [1.165, 1.54) is 6.92 Å². The first-order valence-electron chi connectivity index (χ1n) is 6.72. The molecule has 1 aliphatic heterocycles. The predicted octanol–water partition coefficient (Wildman–Crippen LogP) is -0.599. The quantitative estimate of drug-likeness (QED) is 0.684. The lowest BCUT2D eigenvalue weighted by Crippen LogP contribution is -2.54. The van der Waals surface area contributed by atoms with Gasteiger partial charge in [0, 0.05) is 31.5 Å². The zero-order chi connectivity index (χ0) is 14.2. The van der Waals surface area contributed by atoms with Gasteiger partial charge in [-0.05, 0) is 19.3 Å². The highest BCUT2D eigenvalue weighted by atomic mass is 32.2. The Morgan fingerprint density at radius 1 is 1.47 bits per heavy atom. The van der Waals surface area contributed by atoms with Gasteiger partial charge in [0.2, 0.25) is 15.9 Å². The molecule has 1 aliphatic carbocycles. The van der Waals surface area contributed by atoms with Crippen LogP contribution in [0.3, 0.4) is 0 Å². The van der Waals surface area contributed by atoms with Gasteiger partial charge >= 0.3 is 0 Å². The molecule has 1 saturated heterocycles. The van der Waals surface area contributed by atoms with Crippen LogP contribution in [0.1, 0.15) is 20.3 Å². The maximum Gasteiger partial charge on any atom is 0.225 e. The van der Waals surface area contributed by atoms with Crippen LogP contribution < -0.4 is 4.72 Å². The fourth-order valence-electron chi connectivity index (χ4n) is 2.37. The molecule has 0 aromatic carbocycles. The number of likely N-dealkylation sites (tertiary alicyclic amines) is 1. The van der Waals surface area contributed by atoms with Gasteiger partial charge in [0.15, 0.2) is 0 Å². The first-order chi connectivity index (χ1) is 8.78. The topological polar surface area (TPSA) is 86.7 Å². The normalized spacial score (nSPS) is 28.9. The van der Waals surface area contributed by atoms with Crippen LogP contribution in [-0.2, 0) is 14.8 Å². The monoisotopic (exact) mass is 290 g/mol. The molecule has 0 aromatic heterocycles. The summed E-state index contributed by atoms with van der Waals surface area (Å²) in [4.78, 5) is 13.6. The van der Waals surface area contributed by atoms with Crippen molar-refractivity contribution in [2.45, 2.75) is 26.4 Å². The Labute approximate surface area is 114 Å². The second-order valence-electron chi connectivity index (χ2n) is 5.91. The number of nitrogens with one attached hydrogen (secondary N) is 1. The van der Waals surface area contributed by atoms with Gasteiger partial charge in [-0.2, -0.15) is 0 Å². The summed E-state index contributed by atoms with van der Waals surface area (Å²) >= 11 is 0. The molecule has 2 N–H and O–H groups in total. The summed E-state index contributed by atoms with van der Waals surface area (Å²) in [6, 6.07) is 0. The van der Waals surface area contributed by atoms with Gasteiger partial charge in [-0.3, -0.25) is 4.79 Å². The molecule has 6 nitrogen and oxygen atoms in total. The summed E-state index contributed by atoms with van der Waals surface area (Å²) in [7, 11) is -3.35. The predicted molar refractivity (Wildman–Crippen MR) is 70.8 cm³/mol. The van der Waals surface area contributed by atoms with Crippen molar-refractivity contribution < 1.29 is 18.3 Å². The van der Waals surface area contributed by atoms with E-state index in [1.54, 1.807) is 4.90 Å². The molecule has 7 heteroatoms. The van der Waals surface area contributed by atoms with E-state index in [-0.39, 0.29) is 30.0 Å². The number of sulfonamides is 1. The van der Waals surface area contributed by atoms with Gasteiger partial charge in [0.1, 0.15) is 0 Å². The lowest BCUT2D eigenvalue weighted by molar-refractivity contribution is -0.138. The molecule has 3 atom stereocenters. The molecule has 2 aliphatic rings. The number of hydrogen-bond donors (Lipinski definition) is 2. The van der Waals surface area contributed by atoms with E-state index in [9.17, 15) is 13.2 Å². The van der Waals surface area contributed by atoms with Crippen molar-refractivity contribution in [3.63, 3.8) is 0 Å². The molecule has 1 amide bonds. The minimum absolute atomic E-state index is 0.0181. The number of carbonyl (C=O) groups excluding carboxylic acids is 1. The molecule has 2 fully saturated rings. The summed E-state index contributed by atoms with van der Waals surface area (Å²) in [5, 5.41) is 9.05. The molecule has 110 valence electrons. The van der Waals surface area contributed by atoms with Gasteiger partial charge in [0.25, 0.3) is 0 Å². The Balaban J connectivity index is 1.71. The molecule has 1 heterocycles. The van der Waals surface area contributed by atoms with Crippen LogP contribution in [0.15, 0.2) is 0 Å². The van der Waals surface area contributed by atoms with E-state index in [2.05, 4.69) is 11.6 Å². The number of aliphatic hydroxyl groups is 1. The average Bonchev–Trinajstić information content (AvgIpc) is 2.97. The van der Waals surface area contributed by atoms with Gasteiger partial charge in [-0.1, -0.05) is 6.92 Å². The van der Waals surface area contributed by atoms with E-state index in [0.717, 1.165) is 6.42 Å². The third-order valence-corrected chi connectivity index (χ3v) is 5.27. The lowest BCUT2D eigenvalue weighted by atomic mass is 10.0. The number of aliphatic hydroxyl groups excluding tert-OH is 1. The zero-order valence-corrected chi connectivity index (χ0v) is 12.2. The lowest BCUT2D eigenvalue weighted by Gasteiger charge is -2.39. The Kier molecular flexibility index (Phi) is 4.17. The average molecular weight is 290 g/mol. The Morgan fingerprint density at radius 2 is 2.05 bits per heavy atom. The van der Waals surface area contributed by atoms with Crippen LogP contribution in [-0.4, -0.2) is 55.8 Å². The number of nitrogens with zero attached hydrogens (tertiary/aromatic N) is 1. The number of rotatable bonds is 6. The standard InChI is InChI=1S/C12H22N2O4S/c1-8-3-11(8)12(16)14-5-10(6-14)7-19(17,18)13-4-9(2)15/h8-11,13,15H,3-7H2,1-2H3/t8-,9+,11+/m1/s1. The van der Waals surface area contributed by atoms with E-state index >= 15 is 0 Å². The maximum atomic E-state index is 11.9. The second kappa shape index (κ2) is 5.38. The van der Waals surface area contributed by atoms with Crippen molar-refractivity contribution in [2.24, 2.45) is 17.8 Å². The van der Waals surface area contributed by atoms with Gasteiger partial charge in [-0.15, -0.1) is 0 Å². The number of amides is 1. The first kappa shape index (κ1) is 14.7. The van der Waals surface area contributed by atoms with Crippen LogP contribution in [0.2, 0.25) is 0 Å². The highest BCUT2D eigenvalue weighted by molar-refractivity contribution is 7.89. The van der Waals surface area contributed by atoms with Crippen molar-refractivity contribution in [1.29, 1.82) is 0 Å². The molecule has 2 rings (SSSR count). The number of hydrogen-bond acceptors (Lipinski definition) is 4. The summed E-state index contributed by atoms with van der Waals surface area (Å²) in [6.07, 6.45) is 0.277. The Bertz CT molecular complexity index is 443. The largest absolute Gasteiger partial charge is 0.392 e. The van der Waals surface area contributed by atoms with E-state index in [4.69, 9.17) is 5.11 Å². The third kappa shape index (κ3) is 3.90. The molecule has 19 heavy (non-hydrogen) atoms. The van der Waals surface area contributed by atoms with Crippen LogP contribution >= 0.6 is 0 Å². The van der Waals surface area contributed by atoms with Gasteiger partial charge < -0.3 is 10.0 Å². The highest BCUT2D eigenvalue weighted by Gasteiger charge is 2.45. The smallest absolute Gasteiger partial charge is 0.225 e. The van der Waals surface area contributed by atoms with Crippen molar-refractivity contribution in [2.75, 3.05) is 25.4 Å². The molecule has 0 unspecified atom stereocenters. The SMILES string of the molecule is C[C@H](O)CNS(=O)(=O)CC1CN(C(=O)[C@H]2C[C@H]2C)C1. The molecular formula is C12H22N2O4S. The minimum atomic E-state index is -3.35. The van der Waals surface area contributed by atoms with E-state index < -0.39 is 16.1 Å².